The molecular formula is C13H25N5. The van der Waals surface area contributed by atoms with Gasteiger partial charge in [-0.15, -0.1) is 0 Å². The second kappa shape index (κ2) is 5.80. The molecule has 1 aromatic rings. The second-order valence-corrected chi connectivity index (χ2v) is 5.12. The Morgan fingerprint density at radius 3 is 2.78 bits per heavy atom. The minimum absolute atomic E-state index is 0.287. The van der Waals surface area contributed by atoms with Crippen molar-refractivity contribution in [2.24, 2.45) is 0 Å². The van der Waals surface area contributed by atoms with Crippen LogP contribution in [0, 0.1) is 0 Å². The topological polar surface area (TPSA) is 46.0 Å². The summed E-state index contributed by atoms with van der Waals surface area (Å²) in [5.74, 6) is 1.08. The van der Waals surface area contributed by atoms with Gasteiger partial charge in [0.2, 0.25) is 0 Å². The van der Waals surface area contributed by atoms with Crippen LogP contribution in [0.1, 0.15) is 39.4 Å². The normalized spacial score (nSPS) is 20.2. The largest absolute Gasteiger partial charge is 0.309 e. The predicted octanol–water partition coefficient (Wildman–Crippen LogP) is 1.26. The quantitative estimate of drug-likeness (QED) is 0.856. The van der Waals surface area contributed by atoms with Crippen LogP contribution in [0.3, 0.4) is 0 Å². The summed E-state index contributed by atoms with van der Waals surface area (Å²) in [4.78, 5) is 6.87. The molecule has 1 aromatic heterocycles. The zero-order valence-electron chi connectivity index (χ0n) is 11.8. The van der Waals surface area contributed by atoms with Gasteiger partial charge in [0.05, 0.1) is 6.54 Å². The molecule has 0 saturated carbocycles. The molecule has 0 unspecified atom stereocenters. The van der Waals surface area contributed by atoms with Crippen LogP contribution in [0.5, 0.6) is 0 Å². The first kappa shape index (κ1) is 13.5. The van der Waals surface area contributed by atoms with Gasteiger partial charge in [0, 0.05) is 31.7 Å². The van der Waals surface area contributed by atoms with E-state index < -0.39 is 0 Å². The summed E-state index contributed by atoms with van der Waals surface area (Å²) in [6.45, 7) is 11.7. The van der Waals surface area contributed by atoms with Crippen molar-refractivity contribution in [1.82, 2.24) is 25.0 Å². The predicted molar refractivity (Wildman–Crippen MR) is 72.3 cm³/mol. The third kappa shape index (κ3) is 2.72. The molecule has 102 valence electrons. The van der Waals surface area contributed by atoms with Gasteiger partial charge in [-0.25, -0.2) is 9.67 Å². The minimum atomic E-state index is 0.287. The number of nitrogens with zero attached hydrogens (tertiary/aromatic N) is 4. The molecule has 2 heterocycles. The molecule has 1 aliphatic rings. The molecule has 1 aliphatic heterocycles. The van der Waals surface area contributed by atoms with E-state index in [1.54, 1.807) is 6.33 Å². The van der Waals surface area contributed by atoms with Crippen LogP contribution in [0.2, 0.25) is 0 Å². The van der Waals surface area contributed by atoms with Crippen LogP contribution >= 0.6 is 0 Å². The van der Waals surface area contributed by atoms with Crippen molar-refractivity contribution in [2.45, 2.75) is 52.2 Å². The average molecular weight is 251 g/mol. The van der Waals surface area contributed by atoms with Crippen molar-refractivity contribution in [3.8, 4) is 0 Å². The monoisotopic (exact) mass is 251 g/mol. The standard InChI is InChI=1S/C13H25N5/c1-4-13(5-2)10-17(8-7-15-13)9-12-14-11-16-18(12)6-3/h11,15H,4-10H2,1-3H3. The van der Waals surface area contributed by atoms with Crippen molar-refractivity contribution < 1.29 is 0 Å². The van der Waals surface area contributed by atoms with Crippen LogP contribution in [0.15, 0.2) is 6.33 Å². The SMILES string of the molecule is CCn1ncnc1CN1CCNC(CC)(CC)C1. The molecule has 0 aliphatic carbocycles. The molecule has 0 amide bonds. The number of hydrogen-bond donors (Lipinski definition) is 1. The Balaban J connectivity index is 2.01. The Labute approximate surface area is 110 Å². The van der Waals surface area contributed by atoms with Gasteiger partial charge in [0.25, 0.3) is 0 Å². The summed E-state index contributed by atoms with van der Waals surface area (Å²) in [5.41, 5.74) is 0.287. The van der Waals surface area contributed by atoms with Crippen molar-refractivity contribution in [2.75, 3.05) is 19.6 Å². The van der Waals surface area contributed by atoms with Crippen LogP contribution in [-0.2, 0) is 13.1 Å². The number of aromatic nitrogens is 3. The lowest BCUT2D eigenvalue weighted by molar-refractivity contribution is 0.114. The molecule has 0 radical (unpaired) electrons. The van der Waals surface area contributed by atoms with Crippen molar-refractivity contribution in [3.05, 3.63) is 12.2 Å². The first-order chi connectivity index (χ1) is 8.73. The van der Waals surface area contributed by atoms with Gasteiger partial charge in [-0.2, -0.15) is 5.10 Å². The smallest absolute Gasteiger partial charge is 0.140 e. The molecule has 1 N–H and O–H groups in total. The Morgan fingerprint density at radius 2 is 2.11 bits per heavy atom. The summed E-state index contributed by atoms with van der Waals surface area (Å²) >= 11 is 0. The Bertz CT molecular complexity index is 369. The minimum Gasteiger partial charge on any atom is -0.309 e. The number of piperazine rings is 1. The molecule has 18 heavy (non-hydrogen) atoms. The van der Waals surface area contributed by atoms with Gasteiger partial charge in [-0.3, -0.25) is 4.90 Å². The molecule has 0 bridgehead atoms. The summed E-state index contributed by atoms with van der Waals surface area (Å²) in [6, 6.07) is 0. The van der Waals surface area contributed by atoms with Gasteiger partial charge in [-0.1, -0.05) is 13.8 Å². The maximum Gasteiger partial charge on any atom is 0.140 e. The maximum absolute atomic E-state index is 4.37. The van der Waals surface area contributed by atoms with E-state index in [1.165, 1.54) is 12.8 Å². The van der Waals surface area contributed by atoms with Crippen molar-refractivity contribution in [3.63, 3.8) is 0 Å². The Hall–Kier alpha value is -0.940. The molecule has 0 aromatic carbocycles. The molecule has 1 fully saturated rings. The van der Waals surface area contributed by atoms with Gasteiger partial charge < -0.3 is 5.32 Å². The van der Waals surface area contributed by atoms with Gasteiger partial charge in [0.1, 0.15) is 12.2 Å². The molecule has 5 heteroatoms. The van der Waals surface area contributed by atoms with Crippen LogP contribution in [0.4, 0.5) is 0 Å². The molecular weight excluding hydrogens is 226 g/mol. The number of nitrogens with one attached hydrogen (secondary N) is 1. The van der Waals surface area contributed by atoms with Gasteiger partial charge >= 0.3 is 0 Å². The van der Waals surface area contributed by atoms with E-state index in [1.807, 2.05) is 4.68 Å². The lowest BCUT2D eigenvalue weighted by atomic mass is 9.90. The molecule has 0 atom stereocenters. The van der Waals surface area contributed by atoms with E-state index in [0.717, 1.165) is 38.5 Å². The molecule has 0 spiro atoms. The number of rotatable bonds is 5. The van der Waals surface area contributed by atoms with E-state index in [9.17, 15) is 0 Å². The summed E-state index contributed by atoms with van der Waals surface area (Å²) < 4.78 is 1.99. The third-order valence-electron chi connectivity index (χ3n) is 4.17. The zero-order chi connectivity index (χ0) is 13.0. The van der Waals surface area contributed by atoms with Gasteiger partial charge in [0.15, 0.2) is 0 Å². The fourth-order valence-corrected chi connectivity index (χ4v) is 2.78. The van der Waals surface area contributed by atoms with E-state index in [0.29, 0.717) is 0 Å². The third-order valence-corrected chi connectivity index (χ3v) is 4.17. The zero-order valence-corrected chi connectivity index (χ0v) is 11.8. The van der Waals surface area contributed by atoms with E-state index in [4.69, 9.17) is 0 Å². The van der Waals surface area contributed by atoms with Crippen molar-refractivity contribution in [1.29, 1.82) is 0 Å². The lowest BCUT2D eigenvalue weighted by Crippen LogP contribution is -2.59. The second-order valence-electron chi connectivity index (χ2n) is 5.12. The number of hydrogen-bond acceptors (Lipinski definition) is 4. The Kier molecular flexibility index (Phi) is 4.35. The van der Waals surface area contributed by atoms with Crippen molar-refractivity contribution >= 4 is 0 Å². The summed E-state index contributed by atoms with van der Waals surface area (Å²) in [6.07, 6.45) is 4.02. The summed E-state index contributed by atoms with van der Waals surface area (Å²) in [7, 11) is 0. The highest BCUT2D eigenvalue weighted by molar-refractivity contribution is 4.95. The number of aryl methyl sites for hydroxylation is 1. The lowest BCUT2D eigenvalue weighted by Gasteiger charge is -2.43. The van der Waals surface area contributed by atoms with E-state index >= 15 is 0 Å². The van der Waals surface area contributed by atoms with Crippen LogP contribution < -0.4 is 5.32 Å². The fraction of sp³-hybridized carbons (Fsp3) is 0.846. The first-order valence-electron chi connectivity index (χ1n) is 7.07. The highest BCUT2D eigenvalue weighted by atomic mass is 15.4. The first-order valence-corrected chi connectivity index (χ1v) is 7.07. The van der Waals surface area contributed by atoms with Gasteiger partial charge in [-0.05, 0) is 19.8 Å². The summed E-state index contributed by atoms with van der Waals surface area (Å²) in [5, 5.41) is 7.93. The maximum atomic E-state index is 4.37. The molecule has 1 saturated heterocycles. The molecule has 2 rings (SSSR count). The highest BCUT2D eigenvalue weighted by Gasteiger charge is 2.31. The van der Waals surface area contributed by atoms with Crippen LogP contribution in [0.25, 0.3) is 0 Å². The van der Waals surface area contributed by atoms with E-state index in [-0.39, 0.29) is 5.54 Å². The van der Waals surface area contributed by atoms with Crippen LogP contribution in [-0.4, -0.2) is 44.8 Å². The van der Waals surface area contributed by atoms with E-state index in [2.05, 4.69) is 41.1 Å². The fourth-order valence-electron chi connectivity index (χ4n) is 2.78. The Morgan fingerprint density at radius 1 is 1.33 bits per heavy atom. The average Bonchev–Trinajstić information content (AvgIpc) is 2.86. The highest BCUT2D eigenvalue weighted by Crippen LogP contribution is 2.20. The molecule has 5 nitrogen and oxygen atoms in total.